The molecule has 2 atom stereocenters. The van der Waals surface area contributed by atoms with Gasteiger partial charge in [-0.05, 0) is 80.6 Å². The molecule has 2 fully saturated rings. The number of rotatable bonds is 6. The molecule has 2 heterocycles. The second-order valence-electron chi connectivity index (χ2n) is 11.5. The fourth-order valence-corrected chi connectivity index (χ4v) is 6.28. The van der Waals surface area contributed by atoms with Crippen molar-refractivity contribution in [3.63, 3.8) is 0 Å². The van der Waals surface area contributed by atoms with Crippen molar-refractivity contribution in [1.82, 2.24) is 4.98 Å². The van der Waals surface area contributed by atoms with Crippen LogP contribution in [-0.4, -0.2) is 35.2 Å². The molecule has 1 saturated carbocycles. The number of halogens is 1. The Labute approximate surface area is 254 Å². The largest absolute Gasteiger partial charge is 0.454 e. The van der Waals surface area contributed by atoms with Gasteiger partial charge in [0.2, 0.25) is 11.8 Å². The van der Waals surface area contributed by atoms with Crippen LogP contribution >= 0.6 is 11.6 Å². The van der Waals surface area contributed by atoms with Crippen molar-refractivity contribution in [2.45, 2.75) is 46.5 Å². The summed E-state index contributed by atoms with van der Waals surface area (Å²) < 4.78 is 5.51. The van der Waals surface area contributed by atoms with Gasteiger partial charge in [0.1, 0.15) is 0 Å². The molecule has 1 aromatic heterocycles. The summed E-state index contributed by atoms with van der Waals surface area (Å²) in [5, 5.41) is 1.06. The minimum atomic E-state index is -0.653. The van der Waals surface area contributed by atoms with Crippen LogP contribution in [0, 0.1) is 32.6 Å². The third-order valence-corrected chi connectivity index (χ3v) is 9.22. The average Bonchev–Trinajstić information content (AvgIpc) is 3.27. The number of pyridine rings is 1. The summed E-state index contributed by atoms with van der Waals surface area (Å²) in [4.78, 5) is 58.5. The minimum absolute atomic E-state index is 0.128. The van der Waals surface area contributed by atoms with E-state index in [2.05, 4.69) is 0 Å². The normalized spacial score (nSPS) is 18.2. The van der Waals surface area contributed by atoms with E-state index in [1.165, 1.54) is 4.90 Å². The van der Waals surface area contributed by atoms with Crippen LogP contribution in [0.3, 0.4) is 0 Å². The molecule has 43 heavy (non-hydrogen) atoms. The first-order valence-electron chi connectivity index (χ1n) is 14.5. The van der Waals surface area contributed by atoms with Crippen molar-refractivity contribution in [3.8, 4) is 11.3 Å². The van der Waals surface area contributed by atoms with Crippen LogP contribution < -0.4 is 4.90 Å². The topological polar surface area (TPSA) is 93.6 Å². The molecule has 0 radical (unpaired) electrons. The van der Waals surface area contributed by atoms with E-state index in [4.69, 9.17) is 21.3 Å². The summed E-state index contributed by atoms with van der Waals surface area (Å²) >= 11 is 6.41. The quantitative estimate of drug-likeness (QED) is 0.133. The van der Waals surface area contributed by atoms with E-state index < -0.39 is 12.6 Å². The lowest BCUT2D eigenvalue weighted by atomic mass is 9.81. The second-order valence-corrected chi connectivity index (χ2v) is 11.9. The number of hydrogen-bond donors (Lipinski definition) is 0. The number of hydrogen-bond acceptors (Lipinski definition) is 6. The Morgan fingerprint density at radius 1 is 0.884 bits per heavy atom. The highest BCUT2D eigenvalue weighted by Gasteiger charge is 2.48. The number of fused-ring (bicyclic) bond motifs is 2. The van der Waals surface area contributed by atoms with Crippen molar-refractivity contribution < 1.29 is 23.9 Å². The van der Waals surface area contributed by atoms with E-state index >= 15 is 0 Å². The lowest BCUT2D eigenvalue weighted by Gasteiger charge is -2.19. The molecule has 6 rings (SSSR count). The lowest BCUT2D eigenvalue weighted by Crippen LogP contribution is -2.30. The number of aromatic nitrogens is 1. The number of benzene rings is 3. The molecular formula is C35H31ClN2O5. The number of carbonyl (C=O) groups is 4. The Bertz CT molecular complexity index is 1790. The monoisotopic (exact) mass is 594 g/mol. The molecule has 218 valence electrons. The van der Waals surface area contributed by atoms with Gasteiger partial charge < -0.3 is 4.74 Å². The Morgan fingerprint density at radius 2 is 1.56 bits per heavy atom. The molecule has 7 nitrogen and oxygen atoms in total. The van der Waals surface area contributed by atoms with Crippen LogP contribution in [0.4, 0.5) is 5.69 Å². The van der Waals surface area contributed by atoms with Crippen molar-refractivity contribution in [1.29, 1.82) is 0 Å². The molecule has 3 aromatic carbocycles. The standard InChI is InChI=1S/C35H31ClN2O5/c1-19-8-9-23(16-20(19)2)31(39)18-43-35(42)28-17-30(37-32-21(3)29(36)15-14-25(28)32)22-10-12-24(13-11-22)38-33(40)26-6-4-5-7-27(26)34(38)41/h8-17,26-27H,4-7,18H2,1-3H3. The zero-order chi connectivity index (χ0) is 30.4. The summed E-state index contributed by atoms with van der Waals surface area (Å²) in [5.41, 5.74) is 5.73. The molecule has 0 spiro atoms. The number of ketones is 1. The van der Waals surface area contributed by atoms with Crippen LogP contribution in [0.2, 0.25) is 5.02 Å². The van der Waals surface area contributed by atoms with Crippen LogP contribution in [0.5, 0.6) is 0 Å². The Hall–Kier alpha value is -4.36. The first-order valence-corrected chi connectivity index (χ1v) is 14.9. The maximum Gasteiger partial charge on any atom is 0.339 e. The summed E-state index contributed by atoms with van der Waals surface area (Å²) in [5.74, 6) is -1.66. The zero-order valence-electron chi connectivity index (χ0n) is 24.3. The summed E-state index contributed by atoms with van der Waals surface area (Å²) in [6.07, 6.45) is 3.44. The number of imide groups is 1. The van der Waals surface area contributed by atoms with E-state index in [0.29, 0.717) is 44.0 Å². The van der Waals surface area contributed by atoms with Crippen molar-refractivity contribution in [2.75, 3.05) is 11.5 Å². The van der Waals surface area contributed by atoms with Gasteiger partial charge in [-0.3, -0.25) is 19.3 Å². The van der Waals surface area contributed by atoms with E-state index in [1.807, 2.05) is 26.8 Å². The Kier molecular flexibility index (Phi) is 7.61. The average molecular weight is 595 g/mol. The summed E-state index contributed by atoms with van der Waals surface area (Å²) in [6, 6.07) is 17.5. The fourth-order valence-electron chi connectivity index (χ4n) is 6.13. The molecule has 0 bridgehead atoms. The van der Waals surface area contributed by atoms with Gasteiger partial charge in [-0.25, -0.2) is 9.78 Å². The molecule has 4 aromatic rings. The van der Waals surface area contributed by atoms with Crippen molar-refractivity contribution in [3.05, 3.63) is 93.5 Å². The maximum atomic E-state index is 13.4. The SMILES string of the molecule is Cc1ccc(C(=O)COC(=O)c2cc(-c3ccc(N4C(=O)C5CCCCC5C4=O)cc3)nc3c(C)c(Cl)ccc23)cc1C. The van der Waals surface area contributed by atoms with Crippen LogP contribution in [-0.2, 0) is 14.3 Å². The number of esters is 1. The predicted molar refractivity (Wildman–Crippen MR) is 165 cm³/mol. The number of Topliss-reactive ketones (excluding diaryl/α,β-unsaturated/α-hetero) is 1. The summed E-state index contributed by atoms with van der Waals surface area (Å²) in [7, 11) is 0. The number of anilines is 1. The van der Waals surface area contributed by atoms with Crippen molar-refractivity contribution >= 4 is 51.8 Å². The van der Waals surface area contributed by atoms with Gasteiger partial charge in [0.05, 0.1) is 34.3 Å². The van der Waals surface area contributed by atoms with Crippen molar-refractivity contribution in [2.24, 2.45) is 11.8 Å². The molecular weight excluding hydrogens is 564 g/mol. The first-order chi connectivity index (χ1) is 20.6. The number of nitrogens with zero attached hydrogens (tertiary/aromatic N) is 2. The number of carbonyl (C=O) groups excluding carboxylic acids is 4. The van der Waals surface area contributed by atoms with Crippen LogP contribution in [0.25, 0.3) is 22.2 Å². The van der Waals surface area contributed by atoms with Gasteiger partial charge in [0, 0.05) is 21.5 Å². The van der Waals surface area contributed by atoms with E-state index in [1.54, 1.807) is 54.6 Å². The minimum Gasteiger partial charge on any atom is -0.454 e. The molecule has 1 saturated heterocycles. The maximum absolute atomic E-state index is 13.4. The highest BCUT2D eigenvalue weighted by atomic mass is 35.5. The predicted octanol–water partition coefficient (Wildman–Crippen LogP) is 7.20. The first kappa shape index (κ1) is 28.7. The molecule has 8 heteroatoms. The highest BCUT2D eigenvalue weighted by Crippen LogP contribution is 2.40. The van der Waals surface area contributed by atoms with Gasteiger partial charge in [0.25, 0.3) is 0 Å². The second kappa shape index (κ2) is 11.4. The highest BCUT2D eigenvalue weighted by molar-refractivity contribution is 6.32. The summed E-state index contributed by atoms with van der Waals surface area (Å²) in [6.45, 7) is 5.32. The van der Waals surface area contributed by atoms with Crippen LogP contribution in [0.1, 0.15) is 63.1 Å². The third-order valence-electron chi connectivity index (χ3n) is 8.81. The molecule has 0 N–H and O–H groups in total. The van der Waals surface area contributed by atoms with Gasteiger partial charge in [-0.1, -0.05) is 54.8 Å². The smallest absolute Gasteiger partial charge is 0.339 e. The van der Waals surface area contributed by atoms with Gasteiger partial charge >= 0.3 is 5.97 Å². The third kappa shape index (κ3) is 5.23. The van der Waals surface area contributed by atoms with Gasteiger partial charge in [-0.2, -0.15) is 0 Å². The Morgan fingerprint density at radius 3 is 2.21 bits per heavy atom. The zero-order valence-corrected chi connectivity index (χ0v) is 25.0. The van der Waals surface area contributed by atoms with Gasteiger partial charge in [-0.15, -0.1) is 0 Å². The van der Waals surface area contributed by atoms with E-state index in [-0.39, 0.29) is 35.0 Å². The molecule has 2 unspecified atom stereocenters. The van der Waals surface area contributed by atoms with Crippen LogP contribution in [0.15, 0.2) is 60.7 Å². The molecule has 2 aliphatic rings. The molecule has 1 aliphatic heterocycles. The Balaban J connectivity index is 1.30. The fraction of sp³-hybridized carbons (Fsp3) is 0.286. The van der Waals surface area contributed by atoms with E-state index in [0.717, 1.165) is 36.8 Å². The molecule has 2 amide bonds. The lowest BCUT2D eigenvalue weighted by molar-refractivity contribution is -0.122. The number of amides is 2. The number of aryl methyl sites for hydroxylation is 3. The van der Waals surface area contributed by atoms with E-state index in [9.17, 15) is 19.2 Å². The molecule has 1 aliphatic carbocycles. The number of ether oxygens (including phenoxy) is 1. The van der Waals surface area contributed by atoms with Gasteiger partial charge in [0.15, 0.2) is 12.4 Å².